The van der Waals surface area contributed by atoms with E-state index in [1.807, 2.05) is 0 Å². The van der Waals surface area contributed by atoms with Crippen molar-refractivity contribution in [2.45, 2.75) is 116 Å². The van der Waals surface area contributed by atoms with Crippen molar-refractivity contribution in [2.24, 2.45) is 0 Å². The third-order valence-corrected chi connectivity index (χ3v) is 13.2. The van der Waals surface area contributed by atoms with Crippen LogP contribution >= 0.6 is 31.8 Å². The van der Waals surface area contributed by atoms with Crippen molar-refractivity contribution in [1.29, 1.82) is 0 Å². The highest BCUT2D eigenvalue weighted by atomic mass is 79.9. The van der Waals surface area contributed by atoms with Gasteiger partial charge in [0.2, 0.25) is 0 Å². The van der Waals surface area contributed by atoms with E-state index in [0.29, 0.717) is 20.6 Å². The number of hydrogen-bond donors (Lipinski definition) is 0. The normalized spacial score (nSPS) is 14.3. The number of halogens is 1. The Hall–Kier alpha value is 0.560. The average Bonchev–Trinajstić information content (AvgIpc) is 2.36. The van der Waals surface area contributed by atoms with E-state index in [1.165, 1.54) is 27.9 Å². The molecule has 0 radical (unpaired) electrons. The smallest absolute Gasteiger partial charge is 0.0180 e. The van der Waals surface area contributed by atoms with Crippen LogP contribution in [0.1, 0.15) is 94.2 Å². The number of rotatable bonds is 4. The van der Waals surface area contributed by atoms with E-state index < -0.39 is 0 Å². The maximum Gasteiger partial charge on any atom is 0.0180 e. The molecule has 3 heteroatoms. The predicted molar refractivity (Wildman–Crippen MR) is 134 cm³/mol. The molecule has 0 aromatic heterocycles. The highest BCUT2D eigenvalue weighted by Gasteiger charge is 2.35. The van der Waals surface area contributed by atoms with Gasteiger partial charge in [0.25, 0.3) is 0 Å². The first-order chi connectivity index (χ1) is 11.8. The first-order valence-electron chi connectivity index (χ1n) is 10.2. The van der Waals surface area contributed by atoms with Crippen molar-refractivity contribution >= 4 is 31.8 Å². The van der Waals surface area contributed by atoms with Gasteiger partial charge in [-0.2, -0.15) is 0 Å². The third-order valence-electron chi connectivity index (χ3n) is 4.94. The van der Waals surface area contributed by atoms with E-state index >= 15 is 0 Å². The largest absolute Gasteiger partial charge is 0.0911 e. The molecule has 0 aliphatic heterocycles. The molecule has 27 heavy (non-hydrogen) atoms. The number of benzene rings is 1. The van der Waals surface area contributed by atoms with Gasteiger partial charge in [-0.05, 0) is 56.2 Å². The molecule has 0 saturated heterocycles. The second-order valence-corrected chi connectivity index (χ2v) is 20.5. The molecule has 0 N–H and O–H groups in total. The predicted octanol–water partition coefficient (Wildman–Crippen LogP) is 9.61. The van der Waals surface area contributed by atoms with Crippen LogP contribution in [0.4, 0.5) is 0 Å². The summed E-state index contributed by atoms with van der Waals surface area (Å²) >= 11 is 3.81. The van der Waals surface area contributed by atoms with Crippen LogP contribution in [-0.2, 0) is 12.3 Å². The molecule has 0 aliphatic rings. The molecule has 0 atom stereocenters. The summed E-state index contributed by atoms with van der Waals surface area (Å²) in [6.07, 6.45) is 2.41. The van der Waals surface area contributed by atoms with Gasteiger partial charge in [0.1, 0.15) is 0 Å². The van der Waals surface area contributed by atoms with Crippen molar-refractivity contribution in [2.75, 3.05) is 0 Å². The fourth-order valence-electron chi connectivity index (χ4n) is 4.23. The van der Waals surface area contributed by atoms with Crippen LogP contribution in [0, 0.1) is 0 Å². The van der Waals surface area contributed by atoms with Crippen LogP contribution in [0.2, 0.25) is 0 Å². The van der Waals surface area contributed by atoms with Crippen molar-refractivity contribution in [3.63, 3.8) is 0 Å². The van der Waals surface area contributed by atoms with Crippen molar-refractivity contribution < 1.29 is 0 Å². The standard InChI is InChI=1S/C24H43BrP2/c1-21(2,3)26(22(4,5)6)16-18-13-19(15-20(25)14-18)17-27(23(7,8)9)24(10,11)12/h13-15H,16-17H2,1-12H3. The van der Waals surface area contributed by atoms with E-state index in [4.69, 9.17) is 0 Å². The lowest BCUT2D eigenvalue weighted by atomic mass is 10.2. The molecule has 0 amide bonds. The van der Waals surface area contributed by atoms with Gasteiger partial charge in [0, 0.05) is 4.47 Å². The van der Waals surface area contributed by atoms with Crippen LogP contribution < -0.4 is 0 Å². The van der Waals surface area contributed by atoms with E-state index in [1.54, 1.807) is 0 Å². The minimum absolute atomic E-state index is 0.125. The zero-order valence-electron chi connectivity index (χ0n) is 19.9. The lowest BCUT2D eigenvalue weighted by Gasteiger charge is -2.42. The Kier molecular flexibility index (Phi) is 8.28. The van der Waals surface area contributed by atoms with Gasteiger partial charge < -0.3 is 0 Å². The lowest BCUT2D eigenvalue weighted by molar-refractivity contribution is 0.702. The molecule has 0 fully saturated rings. The van der Waals surface area contributed by atoms with E-state index in [-0.39, 0.29) is 15.8 Å². The topological polar surface area (TPSA) is 0 Å². The second kappa shape index (κ2) is 8.74. The minimum atomic E-state index is -0.125. The van der Waals surface area contributed by atoms with Crippen LogP contribution in [-0.4, -0.2) is 20.6 Å². The molecule has 0 spiro atoms. The molecule has 0 saturated carbocycles. The number of hydrogen-bond acceptors (Lipinski definition) is 0. The van der Waals surface area contributed by atoms with E-state index in [2.05, 4.69) is 117 Å². The Labute approximate surface area is 181 Å². The molecule has 0 nitrogen and oxygen atoms in total. The Bertz CT molecular complexity index is 541. The van der Waals surface area contributed by atoms with Crippen LogP contribution in [0.25, 0.3) is 0 Å². The zero-order chi connectivity index (χ0) is 21.4. The summed E-state index contributed by atoms with van der Waals surface area (Å²) in [7, 11) is -0.250. The first kappa shape index (κ1) is 25.6. The van der Waals surface area contributed by atoms with E-state index in [0.717, 1.165) is 0 Å². The van der Waals surface area contributed by atoms with Crippen LogP contribution in [0.15, 0.2) is 22.7 Å². The molecule has 0 aliphatic carbocycles. The molecule has 0 bridgehead atoms. The Morgan fingerprint density at radius 2 is 0.815 bits per heavy atom. The van der Waals surface area contributed by atoms with Gasteiger partial charge in [-0.15, -0.1) is 0 Å². The first-order valence-corrected chi connectivity index (χ1v) is 14.0. The SMILES string of the molecule is CC(C)(C)P(Cc1cc(Br)cc(CP(C(C)(C)C)C(C)(C)C)c1)C(C)(C)C. The van der Waals surface area contributed by atoms with Gasteiger partial charge in [-0.25, -0.2) is 0 Å². The zero-order valence-corrected chi connectivity index (χ0v) is 23.3. The summed E-state index contributed by atoms with van der Waals surface area (Å²) in [5.74, 6) is 0. The molecule has 1 aromatic rings. The highest BCUT2D eigenvalue weighted by Crippen LogP contribution is 2.63. The summed E-state index contributed by atoms with van der Waals surface area (Å²) < 4.78 is 1.24. The fraction of sp³-hybridized carbons (Fsp3) is 0.750. The molecule has 1 aromatic carbocycles. The minimum Gasteiger partial charge on any atom is -0.0911 e. The van der Waals surface area contributed by atoms with Crippen molar-refractivity contribution in [1.82, 2.24) is 0 Å². The summed E-state index contributed by atoms with van der Waals surface area (Å²) in [5.41, 5.74) is 3.02. The molecule has 0 unspecified atom stereocenters. The van der Waals surface area contributed by atoms with E-state index in [9.17, 15) is 0 Å². The second-order valence-electron chi connectivity index (χ2n) is 11.8. The van der Waals surface area contributed by atoms with Gasteiger partial charge in [-0.1, -0.05) is 121 Å². The van der Waals surface area contributed by atoms with Gasteiger partial charge in [0.15, 0.2) is 0 Å². The fourth-order valence-corrected chi connectivity index (χ4v) is 11.8. The summed E-state index contributed by atoms with van der Waals surface area (Å²) in [6.45, 7) is 29.0. The molecule has 156 valence electrons. The maximum atomic E-state index is 3.81. The molecular formula is C24H43BrP2. The molecule has 1 rings (SSSR count). The van der Waals surface area contributed by atoms with Crippen LogP contribution in [0.3, 0.4) is 0 Å². The third kappa shape index (κ3) is 8.07. The van der Waals surface area contributed by atoms with Gasteiger partial charge in [-0.3, -0.25) is 0 Å². The van der Waals surface area contributed by atoms with Crippen molar-refractivity contribution in [3.8, 4) is 0 Å². The summed E-state index contributed by atoms with van der Waals surface area (Å²) in [6, 6.07) is 7.21. The van der Waals surface area contributed by atoms with Crippen LogP contribution in [0.5, 0.6) is 0 Å². The lowest BCUT2D eigenvalue weighted by Crippen LogP contribution is -2.26. The Balaban J connectivity index is 3.24. The Morgan fingerprint density at radius 1 is 0.556 bits per heavy atom. The average molecular weight is 473 g/mol. The monoisotopic (exact) mass is 472 g/mol. The quantitative estimate of drug-likeness (QED) is 0.382. The summed E-state index contributed by atoms with van der Waals surface area (Å²) in [5, 5.41) is 1.44. The van der Waals surface area contributed by atoms with Gasteiger partial charge in [0.05, 0.1) is 0 Å². The van der Waals surface area contributed by atoms with Crippen molar-refractivity contribution in [3.05, 3.63) is 33.8 Å². The molecular weight excluding hydrogens is 430 g/mol. The highest BCUT2D eigenvalue weighted by molar-refractivity contribution is 9.10. The summed E-state index contributed by atoms with van der Waals surface area (Å²) in [4.78, 5) is 0. The van der Waals surface area contributed by atoms with Gasteiger partial charge >= 0.3 is 0 Å². The maximum absolute atomic E-state index is 3.81. The Morgan fingerprint density at radius 3 is 1.04 bits per heavy atom. The molecule has 0 heterocycles.